The average Bonchev–Trinajstić information content (AvgIpc) is 3.82. The third-order valence-electron chi connectivity index (χ3n) is 7.20. The highest BCUT2D eigenvalue weighted by Crippen LogP contribution is 2.44. The topological polar surface area (TPSA) is 111 Å². The Labute approximate surface area is 219 Å². The largest absolute Gasteiger partial charge is 0.360 e. The van der Waals surface area contributed by atoms with Gasteiger partial charge >= 0.3 is 0 Å². The Morgan fingerprint density at radius 1 is 1.14 bits per heavy atom. The van der Waals surface area contributed by atoms with Crippen molar-refractivity contribution in [2.24, 2.45) is 5.92 Å². The molecule has 37 heavy (non-hydrogen) atoms. The monoisotopic (exact) mass is 514 g/mol. The molecule has 4 aromatic rings. The van der Waals surface area contributed by atoms with E-state index in [1.54, 1.807) is 18.1 Å². The van der Waals surface area contributed by atoms with Crippen molar-refractivity contribution in [2.45, 2.75) is 69.9 Å². The van der Waals surface area contributed by atoms with Crippen molar-refractivity contribution in [1.29, 1.82) is 0 Å². The number of rotatable bonds is 9. The van der Waals surface area contributed by atoms with Gasteiger partial charge in [0.2, 0.25) is 5.65 Å². The number of pyridine rings is 1. The molecule has 0 unspecified atom stereocenters. The molecular formula is C27H30N8OS. The van der Waals surface area contributed by atoms with Gasteiger partial charge in [0.1, 0.15) is 6.33 Å². The van der Waals surface area contributed by atoms with E-state index in [2.05, 4.69) is 55.4 Å². The molecule has 0 aliphatic heterocycles. The van der Waals surface area contributed by atoms with Crippen LogP contribution in [0.2, 0.25) is 0 Å². The molecule has 0 spiro atoms. The Morgan fingerprint density at radius 2 is 1.97 bits per heavy atom. The zero-order chi connectivity index (χ0) is 25.5. The number of hydrogen-bond donors (Lipinski definition) is 1. The Balaban J connectivity index is 1.40. The molecule has 1 atom stereocenters. The van der Waals surface area contributed by atoms with Gasteiger partial charge in [-0.05, 0) is 69.4 Å². The van der Waals surface area contributed by atoms with Gasteiger partial charge in [0.25, 0.3) is 5.56 Å². The van der Waals surface area contributed by atoms with E-state index < -0.39 is 0 Å². The quantitative estimate of drug-likeness (QED) is 0.311. The Kier molecular flexibility index (Phi) is 6.36. The molecule has 4 aromatic heterocycles. The second-order valence-electron chi connectivity index (χ2n) is 9.92. The van der Waals surface area contributed by atoms with Crippen LogP contribution in [0.1, 0.15) is 68.6 Å². The van der Waals surface area contributed by atoms with Gasteiger partial charge in [-0.3, -0.25) is 14.3 Å². The molecule has 2 aliphatic carbocycles. The molecule has 0 saturated heterocycles. The maximum absolute atomic E-state index is 13.8. The number of hydrogen-bond acceptors (Lipinski definition) is 9. The minimum Gasteiger partial charge on any atom is -0.360 e. The van der Waals surface area contributed by atoms with E-state index in [-0.39, 0.29) is 17.4 Å². The summed E-state index contributed by atoms with van der Waals surface area (Å²) in [4.78, 5) is 33.0. The SMILES string of the molecule is CCSc1ccc(CNc2nc3nnc(-c4c(C)ncnc4C4CC4)cc3n([C@@H](C)C3CC3)c2=O)nc1. The maximum atomic E-state index is 13.8. The van der Waals surface area contributed by atoms with Crippen LogP contribution in [0.4, 0.5) is 5.82 Å². The van der Waals surface area contributed by atoms with E-state index in [1.165, 1.54) is 0 Å². The lowest BCUT2D eigenvalue weighted by atomic mass is 10.0. The van der Waals surface area contributed by atoms with Crippen LogP contribution >= 0.6 is 11.8 Å². The third kappa shape index (κ3) is 4.82. The van der Waals surface area contributed by atoms with Gasteiger partial charge < -0.3 is 5.32 Å². The van der Waals surface area contributed by atoms with Crippen molar-refractivity contribution < 1.29 is 0 Å². The van der Waals surface area contributed by atoms with Gasteiger partial charge in [0.05, 0.1) is 34.8 Å². The fraction of sp³-hybridized carbons (Fsp3) is 0.444. The summed E-state index contributed by atoms with van der Waals surface area (Å²) in [6.45, 7) is 6.60. The summed E-state index contributed by atoms with van der Waals surface area (Å²) in [6, 6.07) is 6.01. The van der Waals surface area contributed by atoms with Crippen LogP contribution in [0.3, 0.4) is 0 Å². The number of aromatic nitrogens is 7. The molecule has 2 fully saturated rings. The number of thioether (sulfide) groups is 1. The van der Waals surface area contributed by atoms with Crippen molar-refractivity contribution in [3.8, 4) is 11.3 Å². The molecule has 0 radical (unpaired) electrons. The van der Waals surface area contributed by atoms with Gasteiger partial charge in [0, 0.05) is 28.6 Å². The van der Waals surface area contributed by atoms with Crippen molar-refractivity contribution in [1.82, 2.24) is 34.7 Å². The van der Waals surface area contributed by atoms with Crippen LogP contribution in [-0.4, -0.2) is 40.5 Å². The molecule has 1 N–H and O–H groups in total. The number of nitrogens with one attached hydrogen (secondary N) is 1. The summed E-state index contributed by atoms with van der Waals surface area (Å²) < 4.78 is 1.85. The normalized spacial score (nSPS) is 16.2. The van der Waals surface area contributed by atoms with Crippen LogP contribution in [-0.2, 0) is 6.54 Å². The minimum atomic E-state index is -0.146. The van der Waals surface area contributed by atoms with Crippen LogP contribution < -0.4 is 10.9 Å². The predicted octanol–water partition coefficient (Wildman–Crippen LogP) is 4.92. The fourth-order valence-electron chi connectivity index (χ4n) is 4.86. The smallest absolute Gasteiger partial charge is 0.294 e. The van der Waals surface area contributed by atoms with Crippen LogP contribution in [0, 0.1) is 12.8 Å². The summed E-state index contributed by atoms with van der Waals surface area (Å²) in [5.41, 5.74) is 5.36. The van der Waals surface area contributed by atoms with Gasteiger partial charge in [-0.15, -0.1) is 22.0 Å². The van der Waals surface area contributed by atoms with E-state index in [1.807, 2.05) is 29.8 Å². The predicted molar refractivity (Wildman–Crippen MR) is 145 cm³/mol. The standard InChI is InChI=1S/C27H30N8OS/c1-4-37-20-10-9-19(28-13-20)12-29-26-27(36)35(16(3)17-5-6-17)22-11-21(33-34-25(22)32-26)23-15(2)30-14-31-24(23)18-7-8-18/h9-11,13-14,16-18H,4-8,12H2,1-3H3,(H,29,32,34)/t16-/m0/s1. The first-order valence-electron chi connectivity index (χ1n) is 13.0. The van der Waals surface area contributed by atoms with Gasteiger partial charge in [-0.1, -0.05) is 6.92 Å². The molecule has 0 aromatic carbocycles. The minimum absolute atomic E-state index is 0.0371. The third-order valence-corrected chi connectivity index (χ3v) is 8.06. The fourth-order valence-corrected chi connectivity index (χ4v) is 5.48. The van der Waals surface area contributed by atoms with E-state index in [0.29, 0.717) is 35.2 Å². The second kappa shape index (κ2) is 9.81. The van der Waals surface area contributed by atoms with Crippen molar-refractivity contribution in [3.63, 3.8) is 0 Å². The number of anilines is 1. The Morgan fingerprint density at radius 3 is 2.68 bits per heavy atom. The molecule has 0 amide bonds. The molecule has 2 saturated carbocycles. The molecule has 0 bridgehead atoms. The van der Waals surface area contributed by atoms with Crippen molar-refractivity contribution in [2.75, 3.05) is 11.1 Å². The second-order valence-corrected chi connectivity index (χ2v) is 11.3. The van der Waals surface area contributed by atoms with E-state index in [0.717, 1.165) is 59.0 Å². The lowest BCUT2D eigenvalue weighted by molar-refractivity contribution is 0.485. The Hall–Kier alpha value is -3.40. The summed E-state index contributed by atoms with van der Waals surface area (Å²) in [6.07, 6.45) is 7.98. The summed E-state index contributed by atoms with van der Waals surface area (Å²) in [5, 5.41) is 12.2. The molecule has 9 nitrogen and oxygen atoms in total. The first-order valence-corrected chi connectivity index (χ1v) is 14.0. The number of nitrogens with zero attached hydrogens (tertiary/aromatic N) is 7. The van der Waals surface area contributed by atoms with E-state index in [4.69, 9.17) is 0 Å². The lowest BCUT2D eigenvalue weighted by Gasteiger charge is -2.19. The van der Waals surface area contributed by atoms with Crippen LogP contribution in [0.5, 0.6) is 0 Å². The van der Waals surface area contributed by atoms with Gasteiger partial charge in [0.15, 0.2) is 5.82 Å². The zero-order valence-corrected chi connectivity index (χ0v) is 22.1. The first-order chi connectivity index (χ1) is 18.0. The van der Waals surface area contributed by atoms with E-state index in [9.17, 15) is 4.79 Å². The average molecular weight is 515 g/mol. The molecular weight excluding hydrogens is 484 g/mol. The highest BCUT2D eigenvalue weighted by molar-refractivity contribution is 7.99. The molecule has 6 rings (SSSR count). The molecule has 4 heterocycles. The van der Waals surface area contributed by atoms with Crippen molar-refractivity contribution >= 4 is 28.7 Å². The van der Waals surface area contributed by atoms with E-state index >= 15 is 0 Å². The summed E-state index contributed by atoms with van der Waals surface area (Å²) >= 11 is 1.75. The molecule has 190 valence electrons. The highest BCUT2D eigenvalue weighted by atomic mass is 32.2. The van der Waals surface area contributed by atoms with Crippen molar-refractivity contribution in [3.05, 3.63) is 58.2 Å². The highest BCUT2D eigenvalue weighted by Gasteiger charge is 2.33. The number of aryl methyl sites for hydroxylation is 1. The molecule has 2 aliphatic rings. The number of fused-ring (bicyclic) bond motifs is 1. The molecule has 10 heteroatoms. The maximum Gasteiger partial charge on any atom is 0.294 e. The Bertz CT molecular complexity index is 1510. The van der Waals surface area contributed by atoms with Crippen LogP contribution in [0.25, 0.3) is 22.4 Å². The summed E-state index contributed by atoms with van der Waals surface area (Å²) in [7, 11) is 0. The van der Waals surface area contributed by atoms with Crippen LogP contribution in [0.15, 0.2) is 40.4 Å². The van der Waals surface area contributed by atoms with Gasteiger partial charge in [-0.25, -0.2) is 15.0 Å². The summed E-state index contributed by atoms with van der Waals surface area (Å²) in [5.74, 6) is 2.19. The van der Waals surface area contributed by atoms with Gasteiger partial charge in [-0.2, -0.15) is 0 Å². The lowest BCUT2D eigenvalue weighted by Crippen LogP contribution is -2.29. The first kappa shape index (κ1) is 24.0. The zero-order valence-electron chi connectivity index (χ0n) is 21.3.